The minimum absolute atomic E-state index is 0.289. The van der Waals surface area contributed by atoms with Crippen LogP contribution in [0.4, 0.5) is 13.2 Å². The highest BCUT2D eigenvalue weighted by atomic mass is 19.4. The smallest absolute Gasteiger partial charge is 0.312 e. The summed E-state index contributed by atoms with van der Waals surface area (Å²) in [6, 6.07) is -0.0223. The van der Waals surface area contributed by atoms with Gasteiger partial charge in [0.25, 0.3) is 0 Å². The Bertz CT molecular complexity index is 311. The molecule has 0 radical (unpaired) electrons. The van der Waals surface area contributed by atoms with Crippen LogP contribution in [0, 0.1) is 11.8 Å². The maximum absolute atomic E-state index is 13.1. The van der Waals surface area contributed by atoms with Crippen molar-refractivity contribution in [1.29, 1.82) is 0 Å². The minimum atomic E-state index is -4.06. The Labute approximate surface area is 126 Å². The summed E-state index contributed by atoms with van der Waals surface area (Å²) in [4.78, 5) is 2.45. The van der Waals surface area contributed by atoms with Crippen molar-refractivity contribution in [1.82, 2.24) is 10.2 Å². The van der Waals surface area contributed by atoms with E-state index in [1.54, 1.807) is 0 Å². The van der Waals surface area contributed by atoms with Gasteiger partial charge in [-0.05, 0) is 44.7 Å². The molecule has 1 N–H and O–H groups in total. The van der Waals surface area contributed by atoms with Crippen molar-refractivity contribution in [3.8, 4) is 0 Å². The lowest BCUT2D eigenvalue weighted by atomic mass is 9.83. The molecule has 0 aromatic heterocycles. The fraction of sp³-hybridized carbons (Fsp3) is 1.00. The zero-order valence-electron chi connectivity index (χ0n) is 13.3. The second kappa shape index (κ2) is 7.32. The minimum Gasteiger partial charge on any atom is -0.312 e. The van der Waals surface area contributed by atoms with Gasteiger partial charge >= 0.3 is 6.18 Å². The molecule has 124 valence electrons. The zero-order valence-corrected chi connectivity index (χ0v) is 13.3. The van der Waals surface area contributed by atoms with Crippen molar-refractivity contribution < 1.29 is 13.2 Å². The standard InChI is InChI=1S/C16H29F3N2/c1-12(2)15(21-9-5-6-10-21)11-20-14-8-4-3-7-13(14)16(17,18)19/h12-15,20H,3-11H2,1-2H3. The molecule has 2 nitrogen and oxygen atoms in total. The lowest BCUT2D eigenvalue weighted by Gasteiger charge is -2.37. The third kappa shape index (κ3) is 4.59. The van der Waals surface area contributed by atoms with E-state index in [-0.39, 0.29) is 12.5 Å². The third-order valence-corrected chi connectivity index (χ3v) is 5.15. The Kier molecular flexibility index (Phi) is 5.95. The van der Waals surface area contributed by atoms with Crippen molar-refractivity contribution >= 4 is 0 Å². The van der Waals surface area contributed by atoms with Crippen LogP contribution in [0.3, 0.4) is 0 Å². The second-order valence-electron chi connectivity index (χ2n) is 7.00. The highest BCUT2D eigenvalue weighted by Crippen LogP contribution is 2.37. The van der Waals surface area contributed by atoms with Gasteiger partial charge in [0.2, 0.25) is 0 Å². The number of likely N-dealkylation sites (tertiary alicyclic amines) is 1. The van der Waals surface area contributed by atoms with Gasteiger partial charge in [-0.3, -0.25) is 4.90 Å². The molecule has 1 saturated heterocycles. The highest BCUT2D eigenvalue weighted by molar-refractivity contribution is 4.88. The molecular formula is C16H29F3N2. The van der Waals surface area contributed by atoms with Gasteiger partial charge in [-0.15, -0.1) is 0 Å². The predicted octanol–water partition coefficient (Wildman–Crippen LogP) is 3.82. The monoisotopic (exact) mass is 306 g/mol. The van der Waals surface area contributed by atoms with Crippen LogP contribution < -0.4 is 5.32 Å². The SMILES string of the molecule is CC(C)C(CNC1CCCCC1C(F)(F)F)N1CCCC1. The Balaban J connectivity index is 1.92. The quantitative estimate of drug-likeness (QED) is 0.831. The molecule has 1 aliphatic heterocycles. The van der Waals surface area contributed by atoms with Crippen LogP contribution in [0.25, 0.3) is 0 Å². The Morgan fingerprint density at radius 3 is 2.24 bits per heavy atom. The van der Waals surface area contributed by atoms with Gasteiger partial charge in [-0.25, -0.2) is 0 Å². The van der Waals surface area contributed by atoms with Crippen LogP contribution >= 0.6 is 0 Å². The molecule has 0 aromatic carbocycles. The van der Waals surface area contributed by atoms with Gasteiger partial charge in [0.1, 0.15) is 0 Å². The van der Waals surface area contributed by atoms with Crippen LogP contribution in [0.5, 0.6) is 0 Å². The number of rotatable bonds is 5. The van der Waals surface area contributed by atoms with E-state index in [1.807, 2.05) is 0 Å². The average Bonchev–Trinajstić information content (AvgIpc) is 2.92. The van der Waals surface area contributed by atoms with Gasteiger partial charge < -0.3 is 5.32 Å². The van der Waals surface area contributed by atoms with Crippen LogP contribution in [0.15, 0.2) is 0 Å². The number of halogens is 3. The van der Waals surface area contributed by atoms with E-state index < -0.39 is 12.1 Å². The zero-order chi connectivity index (χ0) is 15.5. The van der Waals surface area contributed by atoms with E-state index >= 15 is 0 Å². The number of hydrogen-bond donors (Lipinski definition) is 1. The summed E-state index contributed by atoms with van der Waals surface area (Å²) in [6.45, 7) is 7.23. The molecule has 0 aromatic rings. The molecule has 1 aliphatic carbocycles. The van der Waals surface area contributed by atoms with E-state index in [0.29, 0.717) is 31.3 Å². The summed E-state index contributed by atoms with van der Waals surface area (Å²) < 4.78 is 39.4. The summed E-state index contributed by atoms with van der Waals surface area (Å²) in [6.07, 6.45) is 0.962. The maximum atomic E-state index is 13.1. The summed E-state index contributed by atoms with van der Waals surface area (Å²) in [5.41, 5.74) is 0. The van der Waals surface area contributed by atoms with Gasteiger partial charge in [0, 0.05) is 18.6 Å². The molecule has 1 heterocycles. The molecule has 0 bridgehead atoms. The number of hydrogen-bond acceptors (Lipinski definition) is 2. The molecule has 1 saturated carbocycles. The molecule has 3 unspecified atom stereocenters. The van der Waals surface area contributed by atoms with Gasteiger partial charge in [-0.2, -0.15) is 13.2 Å². The van der Waals surface area contributed by atoms with Gasteiger partial charge in [0.05, 0.1) is 5.92 Å². The van der Waals surface area contributed by atoms with Crippen LogP contribution in [-0.2, 0) is 0 Å². The first-order valence-electron chi connectivity index (χ1n) is 8.43. The molecule has 0 amide bonds. The first kappa shape index (κ1) is 17.1. The maximum Gasteiger partial charge on any atom is 0.393 e. The molecule has 2 rings (SSSR count). The predicted molar refractivity (Wildman–Crippen MR) is 79.2 cm³/mol. The van der Waals surface area contributed by atoms with Crippen molar-refractivity contribution in [2.24, 2.45) is 11.8 Å². The van der Waals surface area contributed by atoms with E-state index in [2.05, 4.69) is 24.1 Å². The molecule has 21 heavy (non-hydrogen) atoms. The highest BCUT2D eigenvalue weighted by Gasteiger charge is 2.45. The normalized spacial score (nSPS) is 30.0. The molecule has 5 heteroatoms. The van der Waals surface area contributed by atoms with Crippen LogP contribution in [0.2, 0.25) is 0 Å². The van der Waals surface area contributed by atoms with Crippen molar-refractivity contribution in [3.63, 3.8) is 0 Å². The lowest BCUT2D eigenvalue weighted by Crippen LogP contribution is -2.51. The largest absolute Gasteiger partial charge is 0.393 e. The van der Waals surface area contributed by atoms with Crippen molar-refractivity contribution in [2.45, 2.75) is 70.6 Å². The second-order valence-corrected chi connectivity index (χ2v) is 7.00. The third-order valence-electron chi connectivity index (χ3n) is 5.15. The van der Waals surface area contributed by atoms with Gasteiger partial charge in [-0.1, -0.05) is 26.7 Å². The Morgan fingerprint density at radius 1 is 1.05 bits per heavy atom. The Hall–Kier alpha value is -0.290. The fourth-order valence-electron chi connectivity index (χ4n) is 3.90. The Morgan fingerprint density at radius 2 is 1.67 bits per heavy atom. The first-order chi connectivity index (χ1) is 9.89. The number of nitrogens with zero attached hydrogens (tertiary/aromatic N) is 1. The van der Waals surface area contributed by atoms with E-state index in [9.17, 15) is 13.2 Å². The molecule has 2 aliphatic rings. The van der Waals surface area contributed by atoms with Crippen LogP contribution in [0.1, 0.15) is 52.4 Å². The van der Waals surface area contributed by atoms with Crippen molar-refractivity contribution in [3.05, 3.63) is 0 Å². The number of nitrogens with one attached hydrogen (secondary N) is 1. The summed E-state index contributed by atoms with van der Waals surface area (Å²) in [5.74, 6) is -0.679. The van der Waals surface area contributed by atoms with Crippen molar-refractivity contribution in [2.75, 3.05) is 19.6 Å². The lowest BCUT2D eigenvalue weighted by molar-refractivity contribution is -0.189. The molecule has 2 fully saturated rings. The van der Waals surface area contributed by atoms with Gasteiger partial charge in [0.15, 0.2) is 0 Å². The van der Waals surface area contributed by atoms with E-state index in [0.717, 1.165) is 19.5 Å². The number of alkyl halides is 3. The summed E-state index contributed by atoms with van der Waals surface area (Å²) >= 11 is 0. The first-order valence-corrected chi connectivity index (χ1v) is 8.43. The summed E-state index contributed by atoms with van der Waals surface area (Å²) in [7, 11) is 0. The fourth-order valence-corrected chi connectivity index (χ4v) is 3.90. The molecular weight excluding hydrogens is 277 g/mol. The topological polar surface area (TPSA) is 15.3 Å². The van der Waals surface area contributed by atoms with E-state index in [4.69, 9.17) is 0 Å². The average molecular weight is 306 g/mol. The van der Waals surface area contributed by atoms with E-state index in [1.165, 1.54) is 12.8 Å². The molecule has 0 spiro atoms. The van der Waals surface area contributed by atoms with Crippen LogP contribution in [-0.4, -0.2) is 42.8 Å². The molecule has 3 atom stereocenters. The summed E-state index contributed by atoms with van der Waals surface area (Å²) in [5, 5.41) is 3.27.